The van der Waals surface area contributed by atoms with Crippen LogP contribution in [0, 0.1) is 20.8 Å². The maximum atomic E-state index is 12.9. The maximum absolute atomic E-state index is 12.9. The monoisotopic (exact) mass is 501 g/mol. The quantitative estimate of drug-likeness (QED) is 0.298. The van der Waals surface area contributed by atoms with E-state index < -0.39 is 0 Å². The lowest BCUT2D eigenvalue weighted by Gasteiger charge is -2.12. The smallest absolute Gasteiger partial charge is 0.224 e. The van der Waals surface area contributed by atoms with Gasteiger partial charge in [-0.15, -0.1) is 0 Å². The average molecular weight is 502 g/mol. The van der Waals surface area contributed by atoms with E-state index in [0.717, 1.165) is 67.3 Å². The van der Waals surface area contributed by atoms with Gasteiger partial charge in [-0.25, -0.2) is 14.6 Å². The van der Waals surface area contributed by atoms with Gasteiger partial charge in [-0.1, -0.05) is 18.2 Å². The Labute approximate surface area is 219 Å². The van der Waals surface area contributed by atoms with Crippen LogP contribution in [0.1, 0.15) is 28.9 Å². The van der Waals surface area contributed by atoms with Crippen LogP contribution in [-0.2, 0) is 11.2 Å². The molecule has 0 atom stereocenters. The van der Waals surface area contributed by atoms with Crippen molar-refractivity contribution >= 4 is 33.7 Å². The van der Waals surface area contributed by atoms with Crippen LogP contribution < -0.4 is 5.32 Å². The molecule has 8 nitrogen and oxygen atoms in total. The van der Waals surface area contributed by atoms with Crippen molar-refractivity contribution in [2.45, 2.75) is 33.6 Å². The molecule has 0 saturated carbocycles. The number of pyridine rings is 2. The molecule has 2 aromatic carbocycles. The lowest BCUT2D eigenvalue weighted by molar-refractivity contribution is -0.116. The molecule has 0 aliphatic rings. The van der Waals surface area contributed by atoms with Crippen molar-refractivity contribution in [1.82, 2.24) is 29.7 Å². The highest BCUT2D eigenvalue weighted by molar-refractivity contribution is 5.94. The summed E-state index contributed by atoms with van der Waals surface area (Å²) in [4.78, 5) is 29.9. The van der Waals surface area contributed by atoms with Crippen molar-refractivity contribution in [3.05, 3.63) is 95.6 Å². The Hall–Kier alpha value is -4.85. The molecule has 0 fully saturated rings. The number of carbonyl (C=O) groups excluding carboxylic acids is 1. The summed E-state index contributed by atoms with van der Waals surface area (Å²) in [5.41, 5.74) is 9.21. The van der Waals surface area contributed by atoms with Crippen LogP contribution in [0.5, 0.6) is 0 Å². The molecular weight excluding hydrogens is 474 g/mol. The number of fused-ring (bicyclic) bond motifs is 2. The molecular formula is C30H27N7O. The lowest BCUT2D eigenvalue weighted by atomic mass is 9.99. The van der Waals surface area contributed by atoms with Crippen molar-refractivity contribution < 1.29 is 4.79 Å². The molecule has 4 heterocycles. The van der Waals surface area contributed by atoms with Crippen LogP contribution in [0.2, 0.25) is 0 Å². The van der Waals surface area contributed by atoms with Crippen molar-refractivity contribution in [1.29, 1.82) is 0 Å². The third kappa shape index (κ3) is 4.30. The number of anilines is 1. The van der Waals surface area contributed by atoms with Crippen LogP contribution in [-0.4, -0.2) is 35.6 Å². The zero-order chi connectivity index (χ0) is 26.2. The molecule has 2 N–H and O–H groups in total. The molecule has 0 spiro atoms. The predicted molar refractivity (Wildman–Crippen MR) is 149 cm³/mol. The number of aromatic nitrogens is 6. The molecule has 6 aromatic rings. The van der Waals surface area contributed by atoms with E-state index in [1.165, 1.54) is 0 Å². The first kappa shape index (κ1) is 23.5. The van der Waals surface area contributed by atoms with Gasteiger partial charge in [-0.2, -0.15) is 5.10 Å². The Morgan fingerprint density at radius 3 is 2.61 bits per heavy atom. The Kier molecular flexibility index (Phi) is 5.92. The van der Waals surface area contributed by atoms with Gasteiger partial charge in [-0.05, 0) is 80.8 Å². The normalized spacial score (nSPS) is 11.3. The number of benzene rings is 2. The van der Waals surface area contributed by atoms with Gasteiger partial charge in [0.1, 0.15) is 5.82 Å². The van der Waals surface area contributed by atoms with E-state index >= 15 is 0 Å². The third-order valence-electron chi connectivity index (χ3n) is 6.88. The summed E-state index contributed by atoms with van der Waals surface area (Å²) < 4.78 is 1.90. The second-order valence-electron chi connectivity index (χ2n) is 9.44. The number of imidazole rings is 1. The number of amides is 1. The largest absolute Gasteiger partial charge is 0.338 e. The Balaban J connectivity index is 1.20. The number of nitrogens with one attached hydrogen (secondary N) is 2. The van der Waals surface area contributed by atoms with Crippen molar-refractivity contribution in [2.24, 2.45) is 0 Å². The van der Waals surface area contributed by atoms with Gasteiger partial charge in [-0.3, -0.25) is 9.78 Å². The number of aryl methyl sites for hydroxylation is 3. The first-order valence-corrected chi connectivity index (χ1v) is 12.6. The van der Waals surface area contributed by atoms with Crippen molar-refractivity contribution in [3.8, 4) is 17.1 Å². The van der Waals surface area contributed by atoms with Gasteiger partial charge in [0.2, 0.25) is 5.91 Å². The van der Waals surface area contributed by atoms with Gasteiger partial charge in [0.15, 0.2) is 5.65 Å². The van der Waals surface area contributed by atoms with E-state index in [1.54, 1.807) is 12.4 Å². The van der Waals surface area contributed by atoms with Gasteiger partial charge in [0, 0.05) is 41.1 Å². The van der Waals surface area contributed by atoms with E-state index in [4.69, 9.17) is 10.1 Å². The highest BCUT2D eigenvalue weighted by Gasteiger charge is 2.18. The molecule has 188 valence electrons. The topological polar surface area (TPSA) is 101 Å². The number of hydrogen-bond acceptors (Lipinski definition) is 5. The summed E-state index contributed by atoms with van der Waals surface area (Å²) in [5.74, 6) is 0.697. The summed E-state index contributed by atoms with van der Waals surface area (Å²) in [5, 5.41) is 8.84. The highest BCUT2D eigenvalue weighted by Crippen LogP contribution is 2.28. The van der Waals surface area contributed by atoms with E-state index in [-0.39, 0.29) is 5.91 Å². The Morgan fingerprint density at radius 1 is 0.974 bits per heavy atom. The van der Waals surface area contributed by atoms with Crippen LogP contribution in [0.15, 0.2) is 73.1 Å². The highest BCUT2D eigenvalue weighted by atomic mass is 16.1. The standard InChI is InChI=1S/C30H27N7O/c1-18-24(19(2)32-30-28(18)20(3)36-37(30)23-9-5-4-6-10-23)12-14-27(38)33-22-11-13-25-26(16-22)35-29(34-25)21-8-7-15-31-17-21/h4-11,13,15-17H,12,14H2,1-3H3,(H,33,38)(H,34,35). The Morgan fingerprint density at radius 2 is 1.82 bits per heavy atom. The molecule has 0 aliphatic carbocycles. The molecule has 8 heteroatoms. The number of para-hydroxylation sites is 1. The van der Waals surface area contributed by atoms with Crippen LogP contribution in [0.25, 0.3) is 39.1 Å². The second-order valence-corrected chi connectivity index (χ2v) is 9.44. The number of H-pyrrole nitrogens is 1. The summed E-state index contributed by atoms with van der Waals surface area (Å²) >= 11 is 0. The number of nitrogens with zero attached hydrogens (tertiary/aromatic N) is 5. The van der Waals surface area contributed by atoms with Crippen LogP contribution in [0.4, 0.5) is 5.69 Å². The Bertz CT molecular complexity index is 1790. The van der Waals surface area contributed by atoms with E-state index in [2.05, 4.69) is 27.2 Å². The van der Waals surface area contributed by atoms with E-state index in [1.807, 2.05) is 79.2 Å². The first-order valence-electron chi connectivity index (χ1n) is 12.6. The van der Waals surface area contributed by atoms with Crippen LogP contribution in [0.3, 0.4) is 0 Å². The molecule has 4 aromatic heterocycles. The predicted octanol–water partition coefficient (Wildman–Crippen LogP) is 5.86. The number of hydrogen-bond donors (Lipinski definition) is 2. The molecule has 0 saturated heterocycles. The zero-order valence-electron chi connectivity index (χ0n) is 21.5. The lowest BCUT2D eigenvalue weighted by Crippen LogP contribution is -2.13. The minimum Gasteiger partial charge on any atom is -0.338 e. The number of carbonyl (C=O) groups is 1. The summed E-state index contributed by atoms with van der Waals surface area (Å²) in [7, 11) is 0. The fourth-order valence-corrected chi connectivity index (χ4v) is 5.01. The zero-order valence-corrected chi connectivity index (χ0v) is 21.5. The number of rotatable bonds is 6. The molecule has 0 unspecified atom stereocenters. The van der Waals surface area contributed by atoms with Gasteiger partial charge < -0.3 is 10.3 Å². The first-order chi connectivity index (χ1) is 18.5. The average Bonchev–Trinajstić information content (AvgIpc) is 3.50. The van der Waals surface area contributed by atoms with Gasteiger partial charge >= 0.3 is 0 Å². The summed E-state index contributed by atoms with van der Waals surface area (Å²) in [6.45, 7) is 6.11. The molecule has 6 rings (SSSR count). The SMILES string of the molecule is Cc1nc2c(c(C)nn2-c2ccccc2)c(C)c1CCC(=O)Nc1ccc2nc(-c3cccnc3)[nH]c2c1. The molecule has 1 amide bonds. The summed E-state index contributed by atoms with van der Waals surface area (Å²) in [6.07, 6.45) is 4.45. The third-order valence-corrected chi connectivity index (χ3v) is 6.88. The molecule has 0 aliphatic heterocycles. The second kappa shape index (κ2) is 9.55. The van der Waals surface area contributed by atoms with Crippen molar-refractivity contribution in [3.63, 3.8) is 0 Å². The van der Waals surface area contributed by atoms with Gasteiger partial charge in [0.05, 0.1) is 22.4 Å². The summed E-state index contributed by atoms with van der Waals surface area (Å²) in [6, 6.07) is 19.5. The molecule has 38 heavy (non-hydrogen) atoms. The maximum Gasteiger partial charge on any atom is 0.224 e. The fraction of sp³-hybridized carbons (Fsp3) is 0.167. The van der Waals surface area contributed by atoms with E-state index in [0.29, 0.717) is 12.8 Å². The van der Waals surface area contributed by atoms with Crippen LogP contribution >= 0.6 is 0 Å². The molecule has 0 bridgehead atoms. The molecule has 0 radical (unpaired) electrons. The minimum absolute atomic E-state index is 0.0491. The van der Waals surface area contributed by atoms with Crippen molar-refractivity contribution in [2.75, 3.05) is 5.32 Å². The van der Waals surface area contributed by atoms with Gasteiger partial charge in [0.25, 0.3) is 0 Å². The fourth-order valence-electron chi connectivity index (χ4n) is 5.01. The minimum atomic E-state index is -0.0491. The van der Waals surface area contributed by atoms with E-state index in [9.17, 15) is 4.79 Å². The number of aromatic amines is 1.